The third-order valence-corrected chi connectivity index (χ3v) is 14.0. The quantitative estimate of drug-likeness (QED) is 0.301. The molecule has 0 aromatic carbocycles. The molecule has 1 saturated heterocycles. The minimum Gasteiger partial charge on any atom is -0.393 e. The van der Waals surface area contributed by atoms with Gasteiger partial charge in [-0.1, -0.05) is 53.4 Å². The van der Waals surface area contributed by atoms with E-state index in [1.807, 2.05) is 26.8 Å². The number of carbonyl (C=O) groups excluding carboxylic acids is 1. The SMILES string of the molecule is CCCC(O)(C1OC1C(C)(O)C(C)C)C1CCC2(O)C3=CC(=O)C4CC(O)CCC4(C4CCCCC4)C3CCC12C. The first kappa shape index (κ1) is 30.2. The second-order valence-electron chi connectivity index (χ2n) is 16.0. The lowest BCUT2D eigenvalue weighted by atomic mass is 9.41. The zero-order chi connectivity index (χ0) is 29.6. The summed E-state index contributed by atoms with van der Waals surface area (Å²) in [5, 5.41) is 47.3. The summed E-state index contributed by atoms with van der Waals surface area (Å²) in [6, 6.07) is 0. The Hall–Kier alpha value is -0.790. The van der Waals surface area contributed by atoms with E-state index in [2.05, 4.69) is 13.8 Å². The summed E-state index contributed by atoms with van der Waals surface area (Å²) in [5.74, 6) is 0.391. The molecule has 5 aliphatic carbocycles. The zero-order valence-electron chi connectivity index (χ0n) is 26.2. The number of allylic oxidation sites excluding steroid dienone is 1. The molecule has 6 aliphatic rings. The van der Waals surface area contributed by atoms with Gasteiger partial charge in [0.2, 0.25) is 0 Å². The van der Waals surface area contributed by atoms with Gasteiger partial charge in [0, 0.05) is 11.3 Å². The standard InChI is InChI=1S/C35H56O6/c1-6-15-34(39,30-29(41-30)32(5,38)21(2)3)28-14-18-35(40)25-20-27(37)26-19-23(36)12-17-33(26,22-10-8-7-9-11-22)24(25)13-16-31(28,35)4/h20-24,26,28-30,36,38-40H,6-19H2,1-5H3. The van der Waals surface area contributed by atoms with Crippen molar-refractivity contribution in [3.8, 4) is 0 Å². The molecule has 6 heteroatoms. The van der Waals surface area contributed by atoms with Crippen molar-refractivity contribution in [3.05, 3.63) is 11.6 Å². The van der Waals surface area contributed by atoms with Gasteiger partial charge in [0.1, 0.15) is 12.2 Å². The van der Waals surface area contributed by atoms with Crippen LogP contribution in [0.15, 0.2) is 11.6 Å². The highest BCUT2D eigenvalue weighted by Gasteiger charge is 2.73. The average molecular weight is 573 g/mol. The Morgan fingerprint density at radius 1 is 1.00 bits per heavy atom. The molecular formula is C35H56O6. The third-order valence-electron chi connectivity index (χ3n) is 14.0. The smallest absolute Gasteiger partial charge is 0.159 e. The molecule has 0 aromatic rings. The Bertz CT molecular complexity index is 1060. The maximum Gasteiger partial charge on any atom is 0.159 e. The van der Waals surface area contributed by atoms with Gasteiger partial charge in [-0.05, 0) is 112 Å². The summed E-state index contributed by atoms with van der Waals surface area (Å²) in [6.07, 6.45) is 12.9. The number of rotatable bonds is 7. The molecule has 5 fully saturated rings. The summed E-state index contributed by atoms with van der Waals surface area (Å²) >= 11 is 0. The Morgan fingerprint density at radius 2 is 1.71 bits per heavy atom. The maximum absolute atomic E-state index is 14.0. The van der Waals surface area contributed by atoms with Gasteiger partial charge < -0.3 is 25.2 Å². The van der Waals surface area contributed by atoms with Crippen molar-refractivity contribution < 1.29 is 30.0 Å². The molecule has 41 heavy (non-hydrogen) atoms. The topological polar surface area (TPSA) is 111 Å². The van der Waals surface area contributed by atoms with Gasteiger partial charge in [0.25, 0.3) is 0 Å². The fraction of sp³-hybridized carbons (Fsp3) is 0.914. The van der Waals surface area contributed by atoms with Crippen molar-refractivity contribution in [2.24, 2.45) is 40.4 Å². The Morgan fingerprint density at radius 3 is 2.37 bits per heavy atom. The zero-order valence-corrected chi connectivity index (χ0v) is 26.2. The number of hydrogen-bond acceptors (Lipinski definition) is 6. The monoisotopic (exact) mass is 572 g/mol. The summed E-state index contributed by atoms with van der Waals surface area (Å²) in [6.45, 7) is 10.0. The van der Waals surface area contributed by atoms with E-state index in [1.54, 1.807) is 0 Å². The number of aliphatic hydroxyl groups excluding tert-OH is 1. The van der Waals surface area contributed by atoms with Crippen LogP contribution in [0.3, 0.4) is 0 Å². The minimum atomic E-state index is -1.15. The molecule has 0 amide bonds. The van der Waals surface area contributed by atoms with Crippen LogP contribution in [0.2, 0.25) is 0 Å². The number of carbonyl (C=O) groups is 1. The van der Waals surface area contributed by atoms with E-state index in [-0.39, 0.29) is 34.9 Å². The second kappa shape index (κ2) is 10.1. The Labute approximate surface area is 247 Å². The number of hydrogen-bond donors (Lipinski definition) is 4. The van der Waals surface area contributed by atoms with Crippen molar-refractivity contribution >= 4 is 5.78 Å². The predicted molar refractivity (Wildman–Crippen MR) is 158 cm³/mol. The van der Waals surface area contributed by atoms with Crippen LogP contribution in [0.4, 0.5) is 0 Å². The van der Waals surface area contributed by atoms with Gasteiger partial charge in [-0.2, -0.15) is 0 Å². The van der Waals surface area contributed by atoms with E-state index in [9.17, 15) is 25.2 Å². The fourth-order valence-corrected chi connectivity index (χ4v) is 11.4. The van der Waals surface area contributed by atoms with Gasteiger partial charge in [0.15, 0.2) is 5.78 Å². The Kier molecular flexibility index (Phi) is 7.47. The van der Waals surface area contributed by atoms with Crippen molar-refractivity contribution in [2.75, 3.05) is 0 Å². The van der Waals surface area contributed by atoms with Crippen LogP contribution in [-0.4, -0.2) is 61.3 Å². The maximum atomic E-state index is 14.0. The fourth-order valence-electron chi connectivity index (χ4n) is 11.4. The highest BCUT2D eigenvalue weighted by molar-refractivity contribution is 5.95. The van der Waals surface area contributed by atoms with Crippen LogP contribution in [0.25, 0.3) is 0 Å². The van der Waals surface area contributed by atoms with Crippen LogP contribution < -0.4 is 0 Å². The largest absolute Gasteiger partial charge is 0.393 e. The Balaban J connectivity index is 1.38. The first-order valence-corrected chi connectivity index (χ1v) is 17.0. The van der Waals surface area contributed by atoms with Crippen LogP contribution in [-0.2, 0) is 9.53 Å². The first-order chi connectivity index (χ1) is 19.3. The van der Waals surface area contributed by atoms with Crippen LogP contribution in [0.1, 0.15) is 125 Å². The highest BCUT2D eigenvalue weighted by atomic mass is 16.6. The number of epoxide rings is 1. The average Bonchev–Trinajstić information content (AvgIpc) is 3.70. The predicted octanol–water partition coefficient (Wildman–Crippen LogP) is 5.49. The molecule has 11 atom stereocenters. The van der Waals surface area contributed by atoms with E-state index in [0.717, 1.165) is 50.5 Å². The van der Waals surface area contributed by atoms with Crippen LogP contribution in [0, 0.1) is 40.4 Å². The van der Waals surface area contributed by atoms with E-state index in [1.165, 1.54) is 19.3 Å². The number of ether oxygens (including phenoxy) is 1. The highest BCUT2D eigenvalue weighted by Crippen LogP contribution is 2.71. The molecule has 1 heterocycles. The summed E-state index contributed by atoms with van der Waals surface area (Å²) < 4.78 is 6.16. The van der Waals surface area contributed by atoms with E-state index >= 15 is 0 Å². The second-order valence-corrected chi connectivity index (χ2v) is 16.0. The van der Waals surface area contributed by atoms with Gasteiger partial charge in [0.05, 0.1) is 22.9 Å². The van der Waals surface area contributed by atoms with Crippen LogP contribution in [0.5, 0.6) is 0 Å². The molecule has 0 radical (unpaired) electrons. The number of aliphatic hydroxyl groups is 4. The number of fused-ring (bicyclic) bond motifs is 5. The molecule has 0 aromatic heterocycles. The molecule has 4 saturated carbocycles. The van der Waals surface area contributed by atoms with E-state index in [4.69, 9.17) is 4.74 Å². The van der Waals surface area contributed by atoms with Gasteiger partial charge >= 0.3 is 0 Å². The number of ketones is 1. The molecule has 4 N–H and O–H groups in total. The molecule has 6 nitrogen and oxygen atoms in total. The van der Waals surface area contributed by atoms with E-state index < -0.39 is 40.5 Å². The molecule has 11 unspecified atom stereocenters. The molecule has 232 valence electrons. The lowest BCUT2D eigenvalue weighted by Crippen LogP contribution is -2.63. The van der Waals surface area contributed by atoms with Crippen molar-refractivity contribution in [1.29, 1.82) is 0 Å². The lowest BCUT2D eigenvalue weighted by molar-refractivity contribution is -0.168. The van der Waals surface area contributed by atoms with E-state index in [0.29, 0.717) is 31.6 Å². The van der Waals surface area contributed by atoms with Crippen molar-refractivity contribution in [2.45, 2.75) is 160 Å². The molecule has 6 rings (SSSR count). The summed E-state index contributed by atoms with van der Waals surface area (Å²) in [4.78, 5) is 14.0. The van der Waals surface area contributed by atoms with Gasteiger partial charge in [-0.3, -0.25) is 4.79 Å². The van der Waals surface area contributed by atoms with Gasteiger partial charge in [-0.25, -0.2) is 0 Å². The van der Waals surface area contributed by atoms with Crippen molar-refractivity contribution in [3.63, 3.8) is 0 Å². The lowest BCUT2D eigenvalue weighted by Gasteiger charge is -2.63. The van der Waals surface area contributed by atoms with Gasteiger partial charge in [-0.15, -0.1) is 0 Å². The molecule has 0 bridgehead atoms. The summed E-state index contributed by atoms with van der Waals surface area (Å²) in [7, 11) is 0. The summed E-state index contributed by atoms with van der Waals surface area (Å²) in [5.41, 5.74) is -3.15. The molecular weight excluding hydrogens is 516 g/mol. The van der Waals surface area contributed by atoms with Crippen LogP contribution >= 0.6 is 0 Å². The molecule has 1 aliphatic heterocycles. The van der Waals surface area contributed by atoms with Crippen molar-refractivity contribution in [1.82, 2.24) is 0 Å². The first-order valence-electron chi connectivity index (χ1n) is 17.0. The third kappa shape index (κ3) is 4.16. The normalized spacial score (nSPS) is 47.6. The minimum absolute atomic E-state index is 0.00810. The molecule has 0 spiro atoms.